The van der Waals surface area contributed by atoms with Crippen LogP contribution in [-0.4, -0.2) is 13.2 Å². The molecule has 0 spiro atoms. The molecule has 0 bridgehead atoms. The lowest BCUT2D eigenvalue weighted by atomic mass is 10.1. The highest BCUT2D eigenvalue weighted by Gasteiger charge is 2.13. The van der Waals surface area contributed by atoms with E-state index in [9.17, 15) is 0 Å². The van der Waals surface area contributed by atoms with E-state index in [1.165, 1.54) is 5.56 Å². The number of hydrogen-bond donors (Lipinski definition) is 1. The van der Waals surface area contributed by atoms with Gasteiger partial charge in [-0.05, 0) is 61.6 Å². The molecule has 2 aromatic carbocycles. The molecule has 0 aliphatic heterocycles. The van der Waals surface area contributed by atoms with E-state index < -0.39 is 0 Å². The summed E-state index contributed by atoms with van der Waals surface area (Å²) in [7, 11) is 0. The first-order valence-electron chi connectivity index (χ1n) is 9.34. The Morgan fingerprint density at radius 1 is 1.12 bits per heavy atom. The molecule has 0 aliphatic carbocycles. The molecule has 1 N–H and O–H groups in total. The lowest BCUT2D eigenvalue weighted by molar-refractivity contribution is 0.268. The highest BCUT2D eigenvalue weighted by atomic mass is 35.5. The van der Waals surface area contributed by atoms with E-state index >= 15 is 0 Å². The van der Waals surface area contributed by atoms with Crippen molar-refractivity contribution in [3.63, 3.8) is 0 Å². The molecule has 0 heterocycles. The van der Waals surface area contributed by atoms with Crippen molar-refractivity contribution in [2.45, 2.75) is 47.3 Å². The van der Waals surface area contributed by atoms with Crippen LogP contribution in [0, 0.1) is 12.8 Å². The average molecular weight is 376 g/mol. The van der Waals surface area contributed by atoms with Crippen LogP contribution in [0.1, 0.15) is 43.9 Å². The van der Waals surface area contributed by atoms with Crippen LogP contribution in [0.3, 0.4) is 0 Å². The third-order valence-electron chi connectivity index (χ3n) is 4.23. The van der Waals surface area contributed by atoms with Crippen molar-refractivity contribution in [2.75, 3.05) is 13.2 Å². The van der Waals surface area contributed by atoms with Gasteiger partial charge >= 0.3 is 0 Å². The van der Waals surface area contributed by atoms with E-state index in [4.69, 9.17) is 21.1 Å². The summed E-state index contributed by atoms with van der Waals surface area (Å²) in [4.78, 5) is 0. The molecule has 0 aromatic heterocycles. The Balaban J connectivity index is 2.09. The van der Waals surface area contributed by atoms with Gasteiger partial charge in [0.25, 0.3) is 0 Å². The largest absolute Gasteiger partial charge is 0.490 e. The maximum atomic E-state index is 6.51. The monoisotopic (exact) mass is 375 g/mol. The fraction of sp³-hybridized carbons (Fsp3) is 0.455. The van der Waals surface area contributed by atoms with Crippen molar-refractivity contribution in [1.29, 1.82) is 0 Å². The first kappa shape index (κ1) is 20.6. The molecule has 0 atom stereocenters. The summed E-state index contributed by atoms with van der Waals surface area (Å²) in [5.41, 5.74) is 3.45. The zero-order valence-corrected chi connectivity index (χ0v) is 17.0. The van der Waals surface area contributed by atoms with Crippen molar-refractivity contribution < 1.29 is 9.47 Å². The van der Waals surface area contributed by atoms with Crippen LogP contribution in [0.15, 0.2) is 36.4 Å². The van der Waals surface area contributed by atoms with Gasteiger partial charge in [0.1, 0.15) is 6.61 Å². The van der Waals surface area contributed by atoms with Crippen molar-refractivity contribution >= 4 is 11.6 Å². The Kier molecular flexibility index (Phi) is 8.27. The smallest absolute Gasteiger partial charge is 0.180 e. The fourth-order valence-corrected chi connectivity index (χ4v) is 2.96. The standard InChI is InChI=1S/C22H30ClNO2/c1-5-25-21-13-18(14-24-11-10-16(2)3)12-20(23)22(21)26-15-19-9-7-6-8-17(19)4/h6-9,12-13,16,24H,5,10-11,14-15H2,1-4H3. The van der Waals surface area contributed by atoms with Crippen LogP contribution >= 0.6 is 11.6 Å². The Bertz CT molecular complexity index is 701. The number of aryl methyl sites for hydroxylation is 1. The zero-order chi connectivity index (χ0) is 18.9. The maximum absolute atomic E-state index is 6.51. The summed E-state index contributed by atoms with van der Waals surface area (Å²) in [6, 6.07) is 12.2. The van der Waals surface area contributed by atoms with E-state index in [0.29, 0.717) is 35.7 Å². The number of rotatable bonds is 10. The zero-order valence-electron chi connectivity index (χ0n) is 16.3. The predicted molar refractivity (Wildman–Crippen MR) is 109 cm³/mol. The van der Waals surface area contributed by atoms with Gasteiger partial charge in [-0.25, -0.2) is 0 Å². The minimum Gasteiger partial charge on any atom is -0.490 e. The number of benzene rings is 2. The second-order valence-electron chi connectivity index (χ2n) is 6.91. The summed E-state index contributed by atoms with van der Waals surface area (Å²) in [5, 5.41) is 4.05. The van der Waals surface area contributed by atoms with E-state index in [-0.39, 0.29) is 0 Å². The van der Waals surface area contributed by atoms with Gasteiger partial charge in [-0.15, -0.1) is 0 Å². The van der Waals surface area contributed by atoms with Crippen LogP contribution in [0.2, 0.25) is 5.02 Å². The normalized spacial score (nSPS) is 11.0. The van der Waals surface area contributed by atoms with E-state index in [0.717, 1.165) is 30.6 Å². The van der Waals surface area contributed by atoms with E-state index in [1.807, 2.05) is 31.2 Å². The predicted octanol–water partition coefficient (Wildman–Crippen LogP) is 5.76. The van der Waals surface area contributed by atoms with Crippen LogP contribution < -0.4 is 14.8 Å². The quantitative estimate of drug-likeness (QED) is 0.535. The second kappa shape index (κ2) is 10.4. The molecule has 0 aliphatic rings. The van der Waals surface area contributed by atoms with E-state index in [2.05, 4.69) is 38.2 Å². The molecule has 0 saturated carbocycles. The molecule has 4 heteroatoms. The number of ether oxygens (including phenoxy) is 2. The molecule has 0 fully saturated rings. The summed E-state index contributed by atoms with van der Waals surface area (Å²) in [6.45, 7) is 11.3. The van der Waals surface area contributed by atoms with Crippen LogP contribution in [0.4, 0.5) is 0 Å². The van der Waals surface area contributed by atoms with Gasteiger partial charge in [-0.2, -0.15) is 0 Å². The lowest BCUT2D eigenvalue weighted by Gasteiger charge is -2.16. The Labute approximate surface area is 162 Å². The van der Waals surface area contributed by atoms with Gasteiger partial charge in [0.05, 0.1) is 11.6 Å². The van der Waals surface area contributed by atoms with E-state index in [1.54, 1.807) is 0 Å². The average Bonchev–Trinajstić information content (AvgIpc) is 2.59. The topological polar surface area (TPSA) is 30.5 Å². The van der Waals surface area contributed by atoms with Crippen molar-refractivity contribution in [3.05, 3.63) is 58.1 Å². The third-order valence-corrected chi connectivity index (χ3v) is 4.51. The minimum atomic E-state index is 0.471. The van der Waals surface area contributed by atoms with Gasteiger partial charge in [0, 0.05) is 6.54 Å². The van der Waals surface area contributed by atoms with Gasteiger partial charge in [-0.1, -0.05) is 49.7 Å². The molecule has 2 aromatic rings. The molecule has 0 amide bonds. The highest BCUT2D eigenvalue weighted by molar-refractivity contribution is 6.32. The Hall–Kier alpha value is -1.71. The fourth-order valence-electron chi connectivity index (χ4n) is 2.67. The first-order valence-corrected chi connectivity index (χ1v) is 9.72. The van der Waals surface area contributed by atoms with Crippen LogP contribution in [-0.2, 0) is 13.2 Å². The molecule has 26 heavy (non-hydrogen) atoms. The summed E-state index contributed by atoms with van der Waals surface area (Å²) >= 11 is 6.51. The molecular weight excluding hydrogens is 346 g/mol. The first-order chi connectivity index (χ1) is 12.5. The van der Waals surface area contributed by atoms with Gasteiger partial charge in [0.15, 0.2) is 11.5 Å². The van der Waals surface area contributed by atoms with Crippen molar-refractivity contribution in [2.24, 2.45) is 5.92 Å². The van der Waals surface area contributed by atoms with Crippen LogP contribution in [0.5, 0.6) is 11.5 Å². The molecule has 3 nitrogen and oxygen atoms in total. The number of halogens is 1. The van der Waals surface area contributed by atoms with Gasteiger partial charge in [0.2, 0.25) is 0 Å². The number of hydrogen-bond acceptors (Lipinski definition) is 3. The molecule has 2 rings (SSSR count). The minimum absolute atomic E-state index is 0.471. The molecule has 0 unspecified atom stereocenters. The Morgan fingerprint density at radius 2 is 1.88 bits per heavy atom. The summed E-state index contributed by atoms with van der Waals surface area (Å²) in [6.07, 6.45) is 1.16. The lowest BCUT2D eigenvalue weighted by Crippen LogP contribution is -2.16. The molecule has 0 saturated heterocycles. The second-order valence-corrected chi connectivity index (χ2v) is 7.32. The van der Waals surface area contributed by atoms with Crippen molar-refractivity contribution in [1.82, 2.24) is 5.32 Å². The van der Waals surface area contributed by atoms with Crippen molar-refractivity contribution in [3.8, 4) is 11.5 Å². The summed E-state index contributed by atoms with van der Waals surface area (Å²) in [5.74, 6) is 2.01. The maximum Gasteiger partial charge on any atom is 0.180 e. The van der Waals surface area contributed by atoms with Gasteiger partial charge < -0.3 is 14.8 Å². The molecule has 0 radical (unpaired) electrons. The molecular formula is C22H30ClNO2. The Morgan fingerprint density at radius 3 is 2.58 bits per heavy atom. The third kappa shape index (κ3) is 6.22. The van der Waals surface area contributed by atoms with Gasteiger partial charge in [-0.3, -0.25) is 0 Å². The number of nitrogens with one attached hydrogen (secondary N) is 1. The highest BCUT2D eigenvalue weighted by Crippen LogP contribution is 2.37. The summed E-state index contributed by atoms with van der Waals surface area (Å²) < 4.78 is 11.8. The SMILES string of the molecule is CCOc1cc(CNCCC(C)C)cc(Cl)c1OCc1ccccc1C. The molecule has 142 valence electrons. The van der Waals surface area contributed by atoms with Crippen LogP contribution in [0.25, 0.3) is 0 Å².